The predicted molar refractivity (Wildman–Crippen MR) is 124 cm³/mol. The molecule has 166 valence electrons. The maximum absolute atomic E-state index is 12.5. The van der Waals surface area contributed by atoms with Gasteiger partial charge in [0.05, 0.1) is 24.8 Å². The van der Waals surface area contributed by atoms with Crippen LogP contribution in [0.3, 0.4) is 0 Å². The lowest BCUT2D eigenvalue weighted by atomic mass is 10.2. The van der Waals surface area contributed by atoms with Crippen molar-refractivity contribution in [3.8, 4) is 0 Å². The van der Waals surface area contributed by atoms with Crippen LogP contribution in [0.1, 0.15) is 6.42 Å². The van der Waals surface area contributed by atoms with E-state index in [0.717, 1.165) is 5.69 Å². The van der Waals surface area contributed by atoms with Gasteiger partial charge in [0.25, 0.3) is 0 Å². The summed E-state index contributed by atoms with van der Waals surface area (Å²) in [6, 6.07) is 14.8. The van der Waals surface area contributed by atoms with Crippen LogP contribution in [0.15, 0.2) is 59.5 Å². The van der Waals surface area contributed by atoms with Gasteiger partial charge in [0.1, 0.15) is 0 Å². The van der Waals surface area contributed by atoms with Crippen molar-refractivity contribution in [2.24, 2.45) is 0 Å². The summed E-state index contributed by atoms with van der Waals surface area (Å²) >= 11 is 6.06. The van der Waals surface area contributed by atoms with E-state index in [2.05, 4.69) is 15.3 Å². The Hall–Kier alpha value is -3.39. The first-order valence-corrected chi connectivity index (χ1v) is 10.9. The molecule has 4 rings (SSSR count). The molecular formula is C23H24ClN5O3. The van der Waals surface area contributed by atoms with Crippen LogP contribution >= 0.6 is 11.6 Å². The van der Waals surface area contributed by atoms with Gasteiger partial charge in [-0.15, -0.1) is 0 Å². The van der Waals surface area contributed by atoms with E-state index in [1.165, 1.54) is 6.20 Å². The van der Waals surface area contributed by atoms with Gasteiger partial charge in [-0.2, -0.15) is 5.10 Å². The van der Waals surface area contributed by atoms with E-state index in [1.807, 2.05) is 30.3 Å². The Morgan fingerprint density at radius 3 is 2.59 bits per heavy atom. The summed E-state index contributed by atoms with van der Waals surface area (Å²) in [5, 5.41) is 8.07. The summed E-state index contributed by atoms with van der Waals surface area (Å²) in [7, 11) is 0. The maximum Gasteiger partial charge on any atom is 0.242 e. The smallest absolute Gasteiger partial charge is 0.242 e. The SMILES string of the molecule is O=C(CCn1ncc(=O)c2ccccc21)NCC(=O)N1CCN(c2cccc(Cl)c2)CC1. The minimum atomic E-state index is -0.236. The average molecular weight is 454 g/mol. The minimum Gasteiger partial charge on any atom is -0.368 e. The molecule has 9 heteroatoms. The van der Waals surface area contributed by atoms with Crippen LogP contribution in [0.2, 0.25) is 5.02 Å². The van der Waals surface area contributed by atoms with Crippen molar-refractivity contribution in [2.75, 3.05) is 37.6 Å². The van der Waals surface area contributed by atoms with Crippen molar-refractivity contribution < 1.29 is 9.59 Å². The molecule has 0 aliphatic carbocycles. The van der Waals surface area contributed by atoms with E-state index in [-0.39, 0.29) is 30.2 Å². The van der Waals surface area contributed by atoms with Crippen molar-refractivity contribution >= 4 is 40.0 Å². The third-order valence-electron chi connectivity index (χ3n) is 5.56. The first-order chi connectivity index (χ1) is 15.5. The average Bonchev–Trinajstić information content (AvgIpc) is 2.82. The Morgan fingerprint density at radius 2 is 1.81 bits per heavy atom. The third-order valence-corrected chi connectivity index (χ3v) is 5.79. The number of carbonyl (C=O) groups excluding carboxylic acids is 2. The topological polar surface area (TPSA) is 87.5 Å². The lowest BCUT2D eigenvalue weighted by Gasteiger charge is -2.36. The van der Waals surface area contributed by atoms with Crippen molar-refractivity contribution in [1.29, 1.82) is 0 Å². The quantitative estimate of drug-likeness (QED) is 0.616. The minimum absolute atomic E-state index is 0.0334. The van der Waals surface area contributed by atoms with Crippen molar-refractivity contribution in [1.82, 2.24) is 20.0 Å². The zero-order valence-electron chi connectivity index (χ0n) is 17.5. The number of benzene rings is 2. The summed E-state index contributed by atoms with van der Waals surface area (Å²) in [5.74, 6) is -0.337. The number of nitrogens with one attached hydrogen (secondary N) is 1. The molecule has 1 aliphatic rings. The Balaban J connectivity index is 1.24. The Kier molecular flexibility index (Phi) is 6.70. The molecule has 32 heavy (non-hydrogen) atoms. The molecule has 0 bridgehead atoms. The molecule has 2 heterocycles. The molecule has 3 aromatic rings. The van der Waals surface area contributed by atoms with E-state index in [9.17, 15) is 14.4 Å². The van der Waals surface area contributed by atoms with Gasteiger partial charge in [-0.05, 0) is 30.3 Å². The van der Waals surface area contributed by atoms with Crippen LogP contribution in [-0.4, -0.2) is 59.2 Å². The van der Waals surface area contributed by atoms with Crippen molar-refractivity contribution in [3.63, 3.8) is 0 Å². The molecule has 2 aromatic carbocycles. The van der Waals surface area contributed by atoms with Crippen molar-refractivity contribution in [3.05, 3.63) is 70.0 Å². The Labute approximate surface area is 190 Å². The highest BCUT2D eigenvalue weighted by atomic mass is 35.5. The standard InChI is InChI=1S/C23H24ClN5O3/c24-17-4-3-5-18(14-17)27-10-12-28(13-11-27)23(32)16-25-22(31)8-9-29-20-7-2-1-6-19(20)21(30)15-26-29/h1-7,14-15H,8-13,16H2,(H,25,31). The molecule has 0 spiro atoms. The van der Waals surface area contributed by atoms with Gasteiger partial charge in [-0.3, -0.25) is 19.1 Å². The molecule has 1 fully saturated rings. The Bertz CT molecular complexity index is 1190. The van der Waals surface area contributed by atoms with E-state index < -0.39 is 0 Å². The first kappa shape index (κ1) is 21.8. The van der Waals surface area contributed by atoms with Crippen LogP contribution in [0.4, 0.5) is 5.69 Å². The second-order valence-corrected chi connectivity index (χ2v) is 8.06. The summed E-state index contributed by atoms with van der Waals surface area (Å²) in [6.45, 7) is 2.90. The lowest BCUT2D eigenvalue weighted by Crippen LogP contribution is -2.51. The van der Waals surface area contributed by atoms with E-state index in [4.69, 9.17) is 11.6 Å². The van der Waals surface area contributed by atoms with Gasteiger partial charge in [0.2, 0.25) is 17.2 Å². The molecular weight excluding hydrogens is 430 g/mol. The van der Waals surface area contributed by atoms with Crippen LogP contribution in [0.5, 0.6) is 0 Å². The van der Waals surface area contributed by atoms with Gasteiger partial charge in [-0.1, -0.05) is 29.8 Å². The van der Waals surface area contributed by atoms with Crippen LogP contribution in [0.25, 0.3) is 10.9 Å². The summed E-state index contributed by atoms with van der Waals surface area (Å²) in [4.78, 5) is 40.6. The monoisotopic (exact) mass is 453 g/mol. The summed E-state index contributed by atoms with van der Waals surface area (Å²) < 4.78 is 1.63. The fourth-order valence-corrected chi connectivity index (χ4v) is 3.99. The van der Waals surface area contributed by atoms with Crippen LogP contribution in [-0.2, 0) is 16.1 Å². The van der Waals surface area contributed by atoms with E-state index in [1.54, 1.807) is 27.8 Å². The van der Waals surface area contributed by atoms with Gasteiger partial charge in [-0.25, -0.2) is 0 Å². The molecule has 0 unspecified atom stereocenters. The number of fused-ring (bicyclic) bond motifs is 1. The molecule has 8 nitrogen and oxygen atoms in total. The number of aromatic nitrogens is 2. The summed E-state index contributed by atoms with van der Waals surface area (Å²) in [5.41, 5.74) is 1.57. The largest absolute Gasteiger partial charge is 0.368 e. The number of nitrogens with zero attached hydrogens (tertiary/aromatic N) is 4. The lowest BCUT2D eigenvalue weighted by molar-refractivity contribution is -0.133. The maximum atomic E-state index is 12.5. The van der Waals surface area contributed by atoms with Crippen LogP contribution < -0.4 is 15.6 Å². The molecule has 1 aliphatic heterocycles. The van der Waals surface area contributed by atoms with Crippen molar-refractivity contribution in [2.45, 2.75) is 13.0 Å². The molecule has 2 amide bonds. The number of carbonyl (C=O) groups is 2. The van der Waals surface area contributed by atoms with Gasteiger partial charge in [0.15, 0.2) is 0 Å². The number of rotatable bonds is 6. The predicted octanol–water partition coefficient (Wildman–Crippen LogP) is 1.91. The molecule has 1 saturated heterocycles. The fraction of sp³-hybridized carbons (Fsp3) is 0.304. The Morgan fingerprint density at radius 1 is 1.03 bits per heavy atom. The molecule has 0 radical (unpaired) electrons. The number of para-hydroxylation sites is 1. The van der Waals surface area contributed by atoms with E-state index >= 15 is 0 Å². The number of hydrogen-bond donors (Lipinski definition) is 1. The molecule has 1 aromatic heterocycles. The first-order valence-electron chi connectivity index (χ1n) is 10.5. The number of amides is 2. The zero-order valence-corrected chi connectivity index (χ0v) is 18.3. The fourth-order valence-electron chi connectivity index (χ4n) is 3.81. The summed E-state index contributed by atoms with van der Waals surface area (Å²) in [6.07, 6.45) is 1.42. The number of hydrogen-bond acceptors (Lipinski definition) is 5. The number of anilines is 1. The molecule has 1 N–H and O–H groups in total. The molecule has 0 atom stereocenters. The number of aryl methyl sites for hydroxylation is 1. The van der Waals surface area contributed by atoms with Gasteiger partial charge >= 0.3 is 0 Å². The molecule has 0 saturated carbocycles. The number of piperazine rings is 1. The van der Waals surface area contributed by atoms with E-state index in [0.29, 0.717) is 48.6 Å². The van der Waals surface area contributed by atoms with Gasteiger partial charge < -0.3 is 15.1 Å². The second-order valence-electron chi connectivity index (χ2n) is 7.62. The number of halogens is 1. The normalized spacial score (nSPS) is 13.9. The third kappa shape index (κ3) is 5.08. The van der Waals surface area contributed by atoms with Gasteiger partial charge in [0, 0.05) is 48.7 Å². The highest BCUT2D eigenvalue weighted by Crippen LogP contribution is 2.20. The second kappa shape index (κ2) is 9.82. The highest BCUT2D eigenvalue weighted by molar-refractivity contribution is 6.30. The highest BCUT2D eigenvalue weighted by Gasteiger charge is 2.21. The zero-order chi connectivity index (χ0) is 22.5. The van der Waals surface area contributed by atoms with Crippen LogP contribution in [0, 0.1) is 0 Å².